The van der Waals surface area contributed by atoms with E-state index in [9.17, 15) is 24.3 Å². The maximum Gasteiger partial charge on any atom is 0.326 e. The highest BCUT2D eigenvalue weighted by molar-refractivity contribution is 7.98. The van der Waals surface area contributed by atoms with Crippen LogP contribution in [0.25, 0.3) is 0 Å². The molecule has 0 rings (SSSR count). The Morgan fingerprint density at radius 3 is 1.97 bits per heavy atom. The van der Waals surface area contributed by atoms with E-state index in [2.05, 4.69) is 16.0 Å². The summed E-state index contributed by atoms with van der Waals surface area (Å²) in [4.78, 5) is 48.8. The zero-order chi connectivity index (χ0) is 23.4. The molecule has 5 atom stereocenters. The minimum atomic E-state index is -1.12. The molecule has 5 unspecified atom stereocenters. The fourth-order valence-electron chi connectivity index (χ4n) is 2.65. The van der Waals surface area contributed by atoms with Gasteiger partial charge in [-0.2, -0.15) is 11.8 Å². The molecule has 0 aromatic carbocycles. The lowest BCUT2D eigenvalue weighted by molar-refractivity contribution is -0.142. The van der Waals surface area contributed by atoms with Gasteiger partial charge in [0.05, 0.1) is 6.04 Å². The fraction of sp³-hybridized carbons (Fsp3) is 0.800. The second-order valence-corrected chi connectivity index (χ2v) is 9.00. The highest BCUT2D eigenvalue weighted by Crippen LogP contribution is 2.08. The third-order valence-electron chi connectivity index (χ3n) is 4.88. The number of carbonyl (C=O) groups excluding carboxylic acids is 3. The minimum absolute atomic E-state index is 0.0331. The van der Waals surface area contributed by atoms with Crippen LogP contribution in [-0.4, -0.2) is 65.0 Å². The zero-order valence-corrected chi connectivity index (χ0v) is 19.7. The molecule has 0 bridgehead atoms. The molecule has 0 heterocycles. The first-order valence-corrected chi connectivity index (χ1v) is 11.7. The van der Waals surface area contributed by atoms with E-state index in [-0.39, 0.29) is 18.3 Å². The van der Waals surface area contributed by atoms with Gasteiger partial charge in [0.25, 0.3) is 0 Å². The second kappa shape index (κ2) is 14.2. The molecule has 0 aliphatic carbocycles. The molecule has 0 fully saturated rings. The van der Waals surface area contributed by atoms with Crippen LogP contribution in [0.5, 0.6) is 0 Å². The summed E-state index contributed by atoms with van der Waals surface area (Å²) in [6.45, 7) is 9.02. The molecule has 174 valence electrons. The fourth-order valence-corrected chi connectivity index (χ4v) is 3.13. The summed E-state index contributed by atoms with van der Waals surface area (Å²) in [5.74, 6) is -1.99. The molecular weight excluding hydrogens is 408 g/mol. The van der Waals surface area contributed by atoms with Crippen LogP contribution in [-0.2, 0) is 19.2 Å². The molecule has 30 heavy (non-hydrogen) atoms. The standard InChI is InChI=1S/C20H38N4O5S/c1-7-12(4)16(21)19(27)22-13(5)17(25)23-14(8-9-30-6)18(26)24-15(20(28)29)10-11(2)3/h11-16H,7-10,21H2,1-6H3,(H,22,27)(H,23,25)(H,24,26)(H,28,29). The van der Waals surface area contributed by atoms with E-state index in [4.69, 9.17) is 5.73 Å². The van der Waals surface area contributed by atoms with E-state index in [0.29, 0.717) is 12.2 Å². The molecule has 0 saturated carbocycles. The van der Waals surface area contributed by atoms with Crippen molar-refractivity contribution in [2.24, 2.45) is 17.6 Å². The van der Waals surface area contributed by atoms with Crippen molar-refractivity contribution < 1.29 is 24.3 Å². The number of carboxylic acids is 1. The van der Waals surface area contributed by atoms with Gasteiger partial charge in [-0.3, -0.25) is 14.4 Å². The second-order valence-electron chi connectivity index (χ2n) is 8.01. The molecule has 10 heteroatoms. The van der Waals surface area contributed by atoms with Crippen LogP contribution in [0.2, 0.25) is 0 Å². The third-order valence-corrected chi connectivity index (χ3v) is 5.52. The van der Waals surface area contributed by atoms with Gasteiger partial charge in [0.15, 0.2) is 0 Å². The Morgan fingerprint density at radius 2 is 1.50 bits per heavy atom. The topological polar surface area (TPSA) is 151 Å². The molecule has 0 saturated heterocycles. The van der Waals surface area contributed by atoms with Crippen LogP contribution in [0, 0.1) is 11.8 Å². The van der Waals surface area contributed by atoms with Gasteiger partial charge in [-0.1, -0.05) is 34.1 Å². The van der Waals surface area contributed by atoms with Gasteiger partial charge < -0.3 is 26.8 Å². The highest BCUT2D eigenvalue weighted by atomic mass is 32.2. The van der Waals surface area contributed by atoms with E-state index in [1.807, 2.05) is 34.0 Å². The Hall–Kier alpha value is -1.81. The predicted octanol–water partition coefficient (Wildman–Crippen LogP) is 0.718. The van der Waals surface area contributed by atoms with Gasteiger partial charge in [0, 0.05) is 0 Å². The molecule has 0 aliphatic heterocycles. The molecule has 3 amide bonds. The number of amides is 3. The van der Waals surface area contributed by atoms with Crippen molar-refractivity contribution in [1.82, 2.24) is 16.0 Å². The summed E-state index contributed by atoms with van der Waals surface area (Å²) in [5, 5.41) is 17.1. The summed E-state index contributed by atoms with van der Waals surface area (Å²) < 4.78 is 0. The average Bonchev–Trinajstić information content (AvgIpc) is 2.68. The summed E-state index contributed by atoms with van der Waals surface area (Å²) >= 11 is 1.51. The predicted molar refractivity (Wildman–Crippen MR) is 119 cm³/mol. The van der Waals surface area contributed by atoms with Crippen molar-refractivity contribution in [3.05, 3.63) is 0 Å². The van der Waals surface area contributed by atoms with Gasteiger partial charge in [-0.15, -0.1) is 0 Å². The van der Waals surface area contributed by atoms with Crippen molar-refractivity contribution >= 4 is 35.5 Å². The molecular formula is C20H38N4O5S. The molecule has 0 aromatic heterocycles. The summed E-state index contributed by atoms with van der Waals surface area (Å²) in [6.07, 6.45) is 3.21. The summed E-state index contributed by atoms with van der Waals surface area (Å²) in [5.41, 5.74) is 5.89. The van der Waals surface area contributed by atoms with Gasteiger partial charge in [-0.25, -0.2) is 4.79 Å². The average molecular weight is 447 g/mol. The van der Waals surface area contributed by atoms with E-state index in [0.717, 1.165) is 6.42 Å². The van der Waals surface area contributed by atoms with Gasteiger partial charge in [0.1, 0.15) is 18.1 Å². The van der Waals surface area contributed by atoms with Crippen LogP contribution in [0.4, 0.5) is 0 Å². The van der Waals surface area contributed by atoms with Crippen molar-refractivity contribution in [3.8, 4) is 0 Å². The molecule has 0 radical (unpaired) electrons. The quantitative estimate of drug-likeness (QED) is 0.264. The molecule has 0 aromatic rings. The lowest BCUT2D eigenvalue weighted by Crippen LogP contribution is -2.57. The van der Waals surface area contributed by atoms with Crippen molar-refractivity contribution in [3.63, 3.8) is 0 Å². The highest BCUT2D eigenvalue weighted by Gasteiger charge is 2.29. The first-order chi connectivity index (χ1) is 13.9. The molecule has 9 nitrogen and oxygen atoms in total. The van der Waals surface area contributed by atoms with E-state index < -0.39 is 47.9 Å². The van der Waals surface area contributed by atoms with Crippen molar-refractivity contribution in [2.45, 2.75) is 78.0 Å². The Morgan fingerprint density at radius 1 is 0.933 bits per heavy atom. The summed E-state index contributed by atoms with van der Waals surface area (Å²) in [6, 6.07) is -3.55. The third kappa shape index (κ3) is 10.3. The number of nitrogens with two attached hydrogens (primary N) is 1. The van der Waals surface area contributed by atoms with Crippen LogP contribution in [0.1, 0.15) is 53.9 Å². The van der Waals surface area contributed by atoms with E-state index >= 15 is 0 Å². The SMILES string of the molecule is CCC(C)C(N)C(=O)NC(C)C(=O)NC(CCSC)C(=O)NC(CC(C)C)C(=O)O. The van der Waals surface area contributed by atoms with Crippen LogP contribution in [0.3, 0.4) is 0 Å². The number of carbonyl (C=O) groups is 4. The van der Waals surface area contributed by atoms with Crippen LogP contribution >= 0.6 is 11.8 Å². The number of hydrogen-bond acceptors (Lipinski definition) is 6. The maximum atomic E-state index is 12.7. The van der Waals surface area contributed by atoms with Crippen LogP contribution < -0.4 is 21.7 Å². The smallest absolute Gasteiger partial charge is 0.326 e. The van der Waals surface area contributed by atoms with E-state index in [1.165, 1.54) is 18.7 Å². The Labute approximate surface area is 183 Å². The lowest BCUT2D eigenvalue weighted by Gasteiger charge is -2.25. The first kappa shape index (κ1) is 28.2. The summed E-state index contributed by atoms with van der Waals surface area (Å²) in [7, 11) is 0. The van der Waals surface area contributed by atoms with Crippen LogP contribution in [0.15, 0.2) is 0 Å². The molecule has 0 spiro atoms. The maximum absolute atomic E-state index is 12.7. The van der Waals surface area contributed by atoms with Gasteiger partial charge in [0.2, 0.25) is 17.7 Å². The van der Waals surface area contributed by atoms with Crippen molar-refractivity contribution in [1.29, 1.82) is 0 Å². The largest absolute Gasteiger partial charge is 0.480 e. The number of nitrogens with one attached hydrogen (secondary N) is 3. The number of carboxylic acid groups (broad SMARTS) is 1. The number of rotatable bonds is 14. The Bertz CT molecular complexity index is 588. The number of aliphatic carboxylic acids is 1. The Balaban J connectivity index is 5.09. The number of hydrogen-bond donors (Lipinski definition) is 5. The Kier molecular flexibility index (Phi) is 13.4. The first-order valence-electron chi connectivity index (χ1n) is 10.3. The molecule has 6 N–H and O–H groups in total. The number of thioether (sulfide) groups is 1. The van der Waals surface area contributed by atoms with E-state index in [1.54, 1.807) is 0 Å². The monoisotopic (exact) mass is 446 g/mol. The normalized spacial score (nSPS) is 16.1. The zero-order valence-electron chi connectivity index (χ0n) is 18.9. The van der Waals surface area contributed by atoms with Gasteiger partial charge >= 0.3 is 5.97 Å². The van der Waals surface area contributed by atoms with Crippen molar-refractivity contribution in [2.75, 3.05) is 12.0 Å². The van der Waals surface area contributed by atoms with Gasteiger partial charge in [-0.05, 0) is 43.6 Å². The molecule has 0 aliphatic rings. The lowest BCUT2D eigenvalue weighted by atomic mass is 9.99. The minimum Gasteiger partial charge on any atom is -0.480 e.